The number of carbonyl (C=O) groups excluding carboxylic acids is 1. The normalized spacial score (nSPS) is 16.9. The Labute approximate surface area is 157 Å². The molecular weight excluding hydrogens is 340 g/mol. The molecule has 0 radical (unpaired) electrons. The average Bonchev–Trinajstić information content (AvgIpc) is 2.59. The van der Waals surface area contributed by atoms with Crippen LogP contribution >= 0.6 is 12.4 Å². The molecule has 0 saturated carbocycles. The third kappa shape index (κ3) is 6.75. The highest BCUT2D eigenvalue weighted by molar-refractivity contribution is 5.85. The number of nitrogens with zero attached hydrogens (tertiary/aromatic N) is 1. The smallest absolute Gasteiger partial charge is 0.227 e. The predicted octanol–water partition coefficient (Wildman–Crippen LogP) is 3.05. The second kappa shape index (κ2) is 11.2. The number of benzene rings is 1. The van der Waals surface area contributed by atoms with Gasteiger partial charge in [0.15, 0.2) is 11.5 Å². The fourth-order valence-electron chi connectivity index (χ4n) is 2.76. The van der Waals surface area contributed by atoms with Crippen molar-refractivity contribution in [3.63, 3.8) is 0 Å². The van der Waals surface area contributed by atoms with Crippen LogP contribution in [0.3, 0.4) is 0 Å². The fourth-order valence-corrected chi connectivity index (χ4v) is 2.76. The minimum Gasteiger partial charge on any atom is -0.490 e. The van der Waals surface area contributed by atoms with E-state index in [1.165, 1.54) is 0 Å². The van der Waals surface area contributed by atoms with Crippen molar-refractivity contribution in [3.05, 3.63) is 23.8 Å². The third-order valence-corrected chi connectivity index (χ3v) is 4.01. The molecule has 25 heavy (non-hydrogen) atoms. The highest BCUT2D eigenvalue weighted by Gasteiger charge is 2.21. The first-order valence-corrected chi connectivity index (χ1v) is 9.03. The van der Waals surface area contributed by atoms with Crippen molar-refractivity contribution in [2.75, 3.05) is 32.8 Å². The second-order valence-corrected chi connectivity index (χ2v) is 6.35. The molecule has 0 spiro atoms. The zero-order valence-electron chi connectivity index (χ0n) is 15.5. The first kappa shape index (κ1) is 21.6. The molecule has 1 aromatic rings. The van der Waals surface area contributed by atoms with E-state index in [0.717, 1.165) is 49.5 Å². The molecule has 1 saturated heterocycles. The summed E-state index contributed by atoms with van der Waals surface area (Å²) in [6.45, 7) is 9.99. The highest BCUT2D eigenvalue weighted by Crippen LogP contribution is 2.29. The lowest BCUT2D eigenvalue weighted by Gasteiger charge is -2.32. The second-order valence-electron chi connectivity index (χ2n) is 6.35. The zero-order valence-corrected chi connectivity index (χ0v) is 16.4. The summed E-state index contributed by atoms with van der Waals surface area (Å²) in [6.07, 6.45) is 2.30. The Kier molecular flexibility index (Phi) is 9.68. The van der Waals surface area contributed by atoms with Gasteiger partial charge in [-0.15, -0.1) is 12.4 Å². The van der Waals surface area contributed by atoms with Crippen molar-refractivity contribution in [1.82, 2.24) is 10.2 Å². The molecule has 1 aliphatic rings. The van der Waals surface area contributed by atoms with E-state index in [1.807, 2.05) is 23.1 Å². The Morgan fingerprint density at radius 2 is 1.88 bits per heavy atom. The molecule has 1 N–H and O–H groups in total. The van der Waals surface area contributed by atoms with Crippen LogP contribution in [0.4, 0.5) is 0 Å². The topological polar surface area (TPSA) is 50.8 Å². The first-order chi connectivity index (χ1) is 11.6. The SMILES string of the molecule is CCCOc1ccc(CC(=O)N2CCN[C@H](C)C2)cc1OCCC.Cl. The summed E-state index contributed by atoms with van der Waals surface area (Å²) in [6, 6.07) is 6.19. The van der Waals surface area contributed by atoms with E-state index in [9.17, 15) is 4.79 Å². The van der Waals surface area contributed by atoms with Crippen molar-refractivity contribution in [2.24, 2.45) is 0 Å². The van der Waals surface area contributed by atoms with Crippen LogP contribution < -0.4 is 14.8 Å². The molecule has 6 heteroatoms. The molecule has 142 valence electrons. The summed E-state index contributed by atoms with van der Waals surface area (Å²) in [7, 11) is 0. The summed E-state index contributed by atoms with van der Waals surface area (Å²) in [4.78, 5) is 14.5. The Hall–Kier alpha value is -1.46. The van der Waals surface area contributed by atoms with Gasteiger partial charge in [0.2, 0.25) is 5.91 Å². The van der Waals surface area contributed by atoms with Crippen LogP contribution in [-0.4, -0.2) is 49.7 Å². The lowest BCUT2D eigenvalue weighted by molar-refractivity contribution is -0.131. The van der Waals surface area contributed by atoms with Gasteiger partial charge >= 0.3 is 0 Å². The van der Waals surface area contributed by atoms with E-state index in [4.69, 9.17) is 9.47 Å². The van der Waals surface area contributed by atoms with Gasteiger partial charge < -0.3 is 19.7 Å². The Morgan fingerprint density at radius 1 is 1.20 bits per heavy atom. The van der Waals surface area contributed by atoms with E-state index in [0.29, 0.717) is 25.7 Å². The van der Waals surface area contributed by atoms with E-state index in [-0.39, 0.29) is 18.3 Å². The predicted molar refractivity (Wildman–Crippen MR) is 103 cm³/mol. The number of amides is 1. The van der Waals surface area contributed by atoms with Gasteiger partial charge in [-0.2, -0.15) is 0 Å². The van der Waals surface area contributed by atoms with Crippen LogP contribution in [0.2, 0.25) is 0 Å². The monoisotopic (exact) mass is 370 g/mol. The molecule has 5 nitrogen and oxygen atoms in total. The zero-order chi connectivity index (χ0) is 17.4. The number of rotatable bonds is 8. The molecule has 1 aromatic carbocycles. The van der Waals surface area contributed by atoms with Gasteiger partial charge in [-0.25, -0.2) is 0 Å². The minimum absolute atomic E-state index is 0. The first-order valence-electron chi connectivity index (χ1n) is 9.03. The fraction of sp³-hybridized carbons (Fsp3) is 0.632. The number of piperazine rings is 1. The quantitative estimate of drug-likeness (QED) is 0.764. The minimum atomic E-state index is 0. The van der Waals surface area contributed by atoms with Crippen molar-refractivity contribution >= 4 is 18.3 Å². The summed E-state index contributed by atoms with van der Waals surface area (Å²) in [5.41, 5.74) is 0.973. The number of carbonyl (C=O) groups is 1. The van der Waals surface area contributed by atoms with Crippen LogP contribution in [0.25, 0.3) is 0 Å². The largest absolute Gasteiger partial charge is 0.490 e. The summed E-state index contributed by atoms with van der Waals surface area (Å²) in [5.74, 6) is 1.67. The van der Waals surface area contributed by atoms with E-state index < -0.39 is 0 Å². The van der Waals surface area contributed by atoms with Gasteiger partial charge in [-0.05, 0) is 37.5 Å². The van der Waals surface area contributed by atoms with Gasteiger partial charge in [-0.3, -0.25) is 4.79 Å². The van der Waals surface area contributed by atoms with Crippen molar-refractivity contribution in [3.8, 4) is 11.5 Å². The maximum absolute atomic E-state index is 12.5. The number of halogens is 1. The van der Waals surface area contributed by atoms with Crippen molar-refractivity contribution < 1.29 is 14.3 Å². The van der Waals surface area contributed by atoms with Crippen LogP contribution in [0.5, 0.6) is 11.5 Å². The standard InChI is InChI=1S/C19H30N2O3.ClH/c1-4-10-23-17-7-6-16(12-18(17)24-11-5-2)13-19(22)21-9-8-20-15(3)14-21;/h6-7,12,15,20H,4-5,8-11,13-14H2,1-3H3;1H/t15-;/m1./s1. The van der Waals surface area contributed by atoms with Crippen LogP contribution in [0, 0.1) is 0 Å². The molecule has 1 atom stereocenters. The Balaban J connectivity index is 0.00000312. The molecule has 2 rings (SSSR count). The lowest BCUT2D eigenvalue weighted by Crippen LogP contribution is -2.51. The summed E-state index contributed by atoms with van der Waals surface area (Å²) >= 11 is 0. The molecule has 1 heterocycles. The van der Waals surface area contributed by atoms with Gasteiger partial charge in [0, 0.05) is 25.7 Å². The Bertz CT molecular complexity index is 539. The molecule has 0 unspecified atom stereocenters. The molecule has 0 bridgehead atoms. The molecule has 1 aliphatic heterocycles. The van der Waals surface area contributed by atoms with E-state index in [2.05, 4.69) is 26.1 Å². The van der Waals surface area contributed by atoms with Gasteiger partial charge in [0.1, 0.15) is 0 Å². The molecule has 1 fully saturated rings. The van der Waals surface area contributed by atoms with Crippen LogP contribution in [0.15, 0.2) is 18.2 Å². The third-order valence-electron chi connectivity index (χ3n) is 4.01. The number of hydrogen-bond acceptors (Lipinski definition) is 4. The maximum atomic E-state index is 12.5. The number of hydrogen-bond donors (Lipinski definition) is 1. The number of ether oxygens (including phenoxy) is 2. The Morgan fingerprint density at radius 3 is 2.52 bits per heavy atom. The molecule has 1 amide bonds. The molecule has 0 aliphatic carbocycles. The van der Waals surface area contributed by atoms with Crippen LogP contribution in [0.1, 0.15) is 39.2 Å². The van der Waals surface area contributed by atoms with Gasteiger partial charge in [0.25, 0.3) is 0 Å². The summed E-state index contributed by atoms with van der Waals surface area (Å²) in [5, 5.41) is 3.36. The van der Waals surface area contributed by atoms with Gasteiger partial charge in [-0.1, -0.05) is 19.9 Å². The average molecular weight is 371 g/mol. The lowest BCUT2D eigenvalue weighted by atomic mass is 10.1. The maximum Gasteiger partial charge on any atom is 0.227 e. The van der Waals surface area contributed by atoms with E-state index >= 15 is 0 Å². The highest BCUT2D eigenvalue weighted by atomic mass is 35.5. The van der Waals surface area contributed by atoms with Crippen molar-refractivity contribution in [2.45, 2.75) is 46.1 Å². The molecule has 0 aromatic heterocycles. The van der Waals surface area contributed by atoms with Gasteiger partial charge in [0.05, 0.1) is 19.6 Å². The number of nitrogens with one attached hydrogen (secondary N) is 1. The summed E-state index contributed by atoms with van der Waals surface area (Å²) < 4.78 is 11.6. The van der Waals surface area contributed by atoms with Crippen molar-refractivity contribution in [1.29, 1.82) is 0 Å². The van der Waals surface area contributed by atoms with E-state index in [1.54, 1.807) is 0 Å². The van der Waals surface area contributed by atoms with Crippen LogP contribution in [-0.2, 0) is 11.2 Å². The molecular formula is C19H31ClN2O3.